The first-order chi connectivity index (χ1) is 9.79. The molecule has 110 valence electrons. The number of alkyl halides is 3. The molecule has 0 aliphatic carbocycles. The number of hydrogen-bond acceptors (Lipinski definition) is 2. The smallest absolute Gasteiger partial charge is 0.418 e. The summed E-state index contributed by atoms with van der Waals surface area (Å²) in [5.74, 6) is -0.212. The van der Waals surface area contributed by atoms with Gasteiger partial charge >= 0.3 is 6.18 Å². The van der Waals surface area contributed by atoms with Gasteiger partial charge in [-0.25, -0.2) is 0 Å². The molecule has 0 aliphatic heterocycles. The quantitative estimate of drug-likeness (QED) is 0.766. The molecule has 0 heterocycles. The number of aromatic hydroxyl groups is 1. The maximum absolute atomic E-state index is 12.8. The van der Waals surface area contributed by atoms with E-state index in [1.807, 2.05) is 0 Å². The predicted molar refractivity (Wildman–Crippen MR) is 76.6 cm³/mol. The molecule has 0 amide bonds. The zero-order valence-electron chi connectivity index (χ0n) is 10.9. The van der Waals surface area contributed by atoms with Crippen LogP contribution >= 0.6 is 11.6 Å². The average Bonchev–Trinajstić information content (AvgIpc) is 2.40. The van der Waals surface area contributed by atoms with Crippen molar-refractivity contribution >= 4 is 23.5 Å². The van der Waals surface area contributed by atoms with Crippen LogP contribution in [0.2, 0.25) is 5.02 Å². The monoisotopic (exact) mass is 313 g/mol. The van der Waals surface area contributed by atoms with Crippen molar-refractivity contribution in [3.63, 3.8) is 0 Å². The van der Waals surface area contributed by atoms with Crippen molar-refractivity contribution in [2.45, 2.75) is 13.1 Å². The molecule has 6 heteroatoms. The summed E-state index contributed by atoms with van der Waals surface area (Å²) in [5.41, 5.74) is -0.0261. The van der Waals surface area contributed by atoms with Crippen molar-refractivity contribution < 1.29 is 18.3 Å². The summed E-state index contributed by atoms with van der Waals surface area (Å²) in [4.78, 5) is 3.82. The third-order valence-corrected chi connectivity index (χ3v) is 3.08. The molecule has 0 spiro atoms. The molecule has 0 saturated carbocycles. The number of nitrogens with zero attached hydrogens (tertiary/aromatic N) is 1. The molecule has 0 unspecified atom stereocenters. The van der Waals surface area contributed by atoms with Crippen LogP contribution in [0.4, 0.5) is 18.9 Å². The lowest BCUT2D eigenvalue weighted by Crippen LogP contribution is -2.04. The van der Waals surface area contributed by atoms with Crippen LogP contribution in [0.5, 0.6) is 5.75 Å². The van der Waals surface area contributed by atoms with Crippen molar-refractivity contribution in [3.8, 4) is 5.75 Å². The van der Waals surface area contributed by atoms with Crippen molar-refractivity contribution in [1.29, 1.82) is 0 Å². The van der Waals surface area contributed by atoms with Crippen LogP contribution in [-0.2, 0) is 6.18 Å². The van der Waals surface area contributed by atoms with Crippen molar-refractivity contribution in [2.75, 3.05) is 0 Å². The molecule has 0 aromatic heterocycles. The Balaban J connectivity index is 2.44. The number of para-hydroxylation sites is 1. The topological polar surface area (TPSA) is 32.6 Å². The van der Waals surface area contributed by atoms with Gasteiger partial charge in [-0.2, -0.15) is 13.2 Å². The first-order valence-corrected chi connectivity index (χ1v) is 6.36. The van der Waals surface area contributed by atoms with E-state index < -0.39 is 11.7 Å². The number of halogens is 4. The van der Waals surface area contributed by atoms with Gasteiger partial charge in [-0.15, -0.1) is 0 Å². The van der Waals surface area contributed by atoms with Crippen LogP contribution in [0.15, 0.2) is 41.4 Å². The molecular weight excluding hydrogens is 303 g/mol. The standard InChI is InChI=1S/C15H11ClF3NO/c1-9-6-10(14(21)12(16)7-9)8-20-13-5-3-2-4-11(13)15(17,18)19/h2-8,21H,1H3/b20-8+. The van der Waals surface area contributed by atoms with Gasteiger partial charge in [-0.05, 0) is 36.8 Å². The minimum atomic E-state index is -4.49. The van der Waals surface area contributed by atoms with E-state index >= 15 is 0 Å². The van der Waals surface area contributed by atoms with Gasteiger partial charge in [0.05, 0.1) is 16.3 Å². The Morgan fingerprint density at radius 3 is 2.52 bits per heavy atom. The lowest BCUT2D eigenvalue weighted by molar-refractivity contribution is -0.137. The number of rotatable bonds is 2. The van der Waals surface area contributed by atoms with Crippen LogP contribution in [0.1, 0.15) is 16.7 Å². The summed E-state index contributed by atoms with van der Waals surface area (Å²) in [6.07, 6.45) is -3.32. The Hall–Kier alpha value is -2.01. The van der Waals surface area contributed by atoms with Gasteiger partial charge in [0, 0.05) is 11.8 Å². The fourth-order valence-corrected chi connectivity index (χ4v) is 2.11. The van der Waals surface area contributed by atoms with Crippen molar-refractivity contribution in [2.24, 2.45) is 4.99 Å². The third-order valence-electron chi connectivity index (χ3n) is 2.79. The zero-order chi connectivity index (χ0) is 15.6. The molecular formula is C15H11ClF3NO. The first kappa shape index (κ1) is 15.4. The number of phenols is 1. The molecule has 2 rings (SSSR count). The summed E-state index contributed by atoms with van der Waals surface area (Å²) in [7, 11) is 0. The molecule has 0 bridgehead atoms. The lowest BCUT2D eigenvalue weighted by atomic mass is 10.1. The van der Waals surface area contributed by atoms with Crippen LogP contribution < -0.4 is 0 Å². The van der Waals surface area contributed by atoms with E-state index in [0.29, 0.717) is 0 Å². The maximum atomic E-state index is 12.8. The molecule has 21 heavy (non-hydrogen) atoms. The fourth-order valence-electron chi connectivity index (χ4n) is 1.82. The molecule has 2 aromatic carbocycles. The molecule has 1 N–H and O–H groups in total. The SMILES string of the molecule is Cc1cc(Cl)c(O)c(/C=N/c2ccccc2C(F)(F)F)c1. The molecule has 2 nitrogen and oxygen atoms in total. The first-order valence-electron chi connectivity index (χ1n) is 5.98. The number of benzene rings is 2. The molecule has 0 radical (unpaired) electrons. The van der Waals surface area contributed by atoms with Crippen LogP contribution in [0.25, 0.3) is 0 Å². The molecule has 0 aliphatic rings. The Morgan fingerprint density at radius 1 is 1.19 bits per heavy atom. The maximum Gasteiger partial charge on any atom is 0.418 e. The largest absolute Gasteiger partial charge is 0.506 e. The van der Waals surface area contributed by atoms with Gasteiger partial charge in [-0.1, -0.05) is 23.7 Å². The Kier molecular flexibility index (Phi) is 4.23. The van der Waals surface area contributed by atoms with Gasteiger partial charge in [0.1, 0.15) is 5.75 Å². The molecule has 0 saturated heterocycles. The zero-order valence-corrected chi connectivity index (χ0v) is 11.7. The Labute approximate surface area is 124 Å². The highest BCUT2D eigenvalue weighted by molar-refractivity contribution is 6.32. The molecule has 2 aromatic rings. The Morgan fingerprint density at radius 2 is 1.86 bits per heavy atom. The van der Waals surface area contributed by atoms with E-state index in [4.69, 9.17) is 11.6 Å². The van der Waals surface area contributed by atoms with E-state index in [-0.39, 0.29) is 22.0 Å². The average molecular weight is 314 g/mol. The highest BCUT2D eigenvalue weighted by Gasteiger charge is 2.32. The van der Waals surface area contributed by atoms with Crippen molar-refractivity contribution in [1.82, 2.24) is 0 Å². The van der Waals surface area contributed by atoms with Crippen LogP contribution in [0.3, 0.4) is 0 Å². The van der Waals surface area contributed by atoms with Crippen LogP contribution in [-0.4, -0.2) is 11.3 Å². The highest BCUT2D eigenvalue weighted by Crippen LogP contribution is 2.36. The van der Waals surface area contributed by atoms with E-state index in [1.54, 1.807) is 19.1 Å². The summed E-state index contributed by atoms with van der Waals surface area (Å²) in [5, 5.41) is 9.91. The number of aryl methyl sites for hydroxylation is 1. The van der Waals surface area contributed by atoms with Gasteiger partial charge in [0.2, 0.25) is 0 Å². The summed E-state index contributed by atoms with van der Waals surface area (Å²) < 4.78 is 38.5. The number of hydrogen-bond donors (Lipinski definition) is 1. The second kappa shape index (κ2) is 5.77. The molecule has 0 atom stereocenters. The summed E-state index contributed by atoms with van der Waals surface area (Å²) >= 11 is 5.81. The predicted octanol–water partition coefficient (Wildman–Crippen LogP) is 5.12. The minimum Gasteiger partial charge on any atom is -0.506 e. The summed E-state index contributed by atoms with van der Waals surface area (Å²) in [6, 6.07) is 8.11. The number of aliphatic imine (C=N–C) groups is 1. The highest BCUT2D eigenvalue weighted by atomic mass is 35.5. The number of phenolic OH excluding ortho intramolecular Hbond substituents is 1. The van der Waals surface area contributed by atoms with Crippen molar-refractivity contribution in [3.05, 3.63) is 58.1 Å². The van der Waals surface area contributed by atoms with E-state index in [2.05, 4.69) is 4.99 Å². The van der Waals surface area contributed by atoms with Gasteiger partial charge < -0.3 is 5.11 Å². The Bertz CT molecular complexity index is 696. The second-order valence-corrected chi connectivity index (χ2v) is 4.86. The van der Waals surface area contributed by atoms with Crippen LogP contribution in [0, 0.1) is 6.92 Å². The lowest BCUT2D eigenvalue weighted by Gasteiger charge is -2.09. The second-order valence-electron chi connectivity index (χ2n) is 4.46. The van der Waals surface area contributed by atoms with Gasteiger partial charge in [-0.3, -0.25) is 4.99 Å². The minimum absolute atomic E-state index is 0.126. The van der Waals surface area contributed by atoms with E-state index in [9.17, 15) is 18.3 Å². The van der Waals surface area contributed by atoms with E-state index in [1.165, 1.54) is 24.4 Å². The molecule has 0 fully saturated rings. The normalized spacial score (nSPS) is 12.0. The van der Waals surface area contributed by atoms with Gasteiger partial charge in [0.25, 0.3) is 0 Å². The third kappa shape index (κ3) is 3.55. The van der Waals surface area contributed by atoms with Gasteiger partial charge in [0.15, 0.2) is 0 Å². The van der Waals surface area contributed by atoms with E-state index in [0.717, 1.165) is 11.6 Å². The summed E-state index contributed by atoms with van der Waals surface area (Å²) in [6.45, 7) is 1.76. The fraction of sp³-hybridized carbons (Fsp3) is 0.133.